The minimum Gasteiger partial charge on any atom is -0.382 e. The van der Waals surface area contributed by atoms with Gasteiger partial charge in [-0.05, 0) is 25.3 Å². The van der Waals surface area contributed by atoms with Gasteiger partial charge in [-0.1, -0.05) is 12.8 Å². The molecule has 0 amide bonds. The molecular weight excluding hydrogens is 232 g/mol. The second-order valence-corrected chi connectivity index (χ2v) is 4.89. The van der Waals surface area contributed by atoms with E-state index in [1.165, 1.54) is 25.0 Å². The molecule has 1 aliphatic carbocycles. The molecule has 1 unspecified atom stereocenters. The molecule has 0 aliphatic heterocycles. The van der Waals surface area contributed by atoms with Crippen molar-refractivity contribution in [3.05, 3.63) is 28.3 Å². The fraction of sp³-hybridized carbons (Fsp3) is 0.500. The van der Waals surface area contributed by atoms with Gasteiger partial charge in [0.1, 0.15) is 0 Å². The van der Waals surface area contributed by atoms with Crippen molar-refractivity contribution in [1.29, 1.82) is 0 Å². The summed E-state index contributed by atoms with van der Waals surface area (Å²) in [7, 11) is 0. The van der Waals surface area contributed by atoms with Crippen molar-refractivity contribution in [1.82, 2.24) is 0 Å². The van der Waals surface area contributed by atoms with Crippen LogP contribution in [0.4, 0.5) is 17.1 Å². The first kappa shape index (κ1) is 12.6. The average molecular weight is 250 g/mol. The van der Waals surface area contributed by atoms with Crippen molar-refractivity contribution in [3.8, 4) is 0 Å². The Balaban J connectivity index is 2.09. The third-order valence-corrected chi connectivity index (χ3v) is 3.09. The number of benzene rings is 1. The number of nitrogen functional groups attached to an aromatic ring is 1. The molecule has 1 saturated carbocycles. The highest BCUT2D eigenvalue weighted by Crippen LogP contribution is 2.34. The zero-order valence-electron chi connectivity index (χ0n) is 10.3. The summed E-state index contributed by atoms with van der Waals surface area (Å²) in [6, 6.07) is 5.03. The van der Waals surface area contributed by atoms with E-state index in [0.29, 0.717) is 11.7 Å². The Labute approximate surface area is 106 Å². The van der Waals surface area contributed by atoms with Crippen molar-refractivity contribution in [2.45, 2.75) is 32.2 Å². The first-order valence-electron chi connectivity index (χ1n) is 6.11. The minimum atomic E-state index is -0.419. The largest absolute Gasteiger partial charge is 0.382 e. The number of hydrogen-bond acceptors (Lipinski definition) is 5. The highest BCUT2D eigenvalue weighted by molar-refractivity contribution is 5.63. The predicted octanol–water partition coefficient (Wildman–Crippen LogP) is 2.48. The number of nitro groups is 1. The lowest BCUT2D eigenvalue weighted by molar-refractivity contribution is -0.384. The van der Waals surface area contributed by atoms with E-state index in [2.05, 4.69) is 17.7 Å². The summed E-state index contributed by atoms with van der Waals surface area (Å²) >= 11 is 0. The van der Waals surface area contributed by atoms with Crippen LogP contribution in [0.15, 0.2) is 18.2 Å². The molecule has 18 heavy (non-hydrogen) atoms. The van der Waals surface area contributed by atoms with Gasteiger partial charge in [0, 0.05) is 23.9 Å². The lowest BCUT2D eigenvalue weighted by Gasteiger charge is -2.15. The molecular formula is C12H18N4O2. The van der Waals surface area contributed by atoms with E-state index in [9.17, 15) is 10.1 Å². The first-order valence-corrected chi connectivity index (χ1v) is 6.11. The Morgan fingerprint density at radius 1 is 1.44 bits per heavy atom. The quantitative estimate of drug-likeness (QED) is 0.409. The van der Waals surface area contributed by atoms with Gasteiger partial charge in [-0.2, -0.15) is 0 Å². The molecule has 1 atom stereocenters. The molecule has 98 valence electrons. The molecule has 0 bridgehead atoms. The normalized spacial score (nSPS) is 16.1. The van der Waals surface area contributed by atoms with Crippen molar-refractivity contribution in [3.63, 3.8) is 0 Å². The molecule has 0 spiro atoms. The SMILES string of the molecule is CC(CC1CC1)Nc1cc(NN)cc([N+](=O)[O-])c1. The van der Waals surface area contributed by atoms with Crippen molar-refractivity contribution in [2.24, 2.45) is 11.8 Å². The standard InChI is InChI=1S/C12H18N4O2/c1-8(4-9-2-3-9)14-10-5-11(15-13)7-12(6-10)16(17)18/h5-9,14-15H,2-4,13H2,1H3. The fourth-order valence-electron chi connectivity index (χ4n) is 2.08. The van der Waals surface area contributed by atoms with E-state index in [1.807, 2.05) is 0 Å². The van der Waals surface area contributed by atoms with Crippen LogP contribution in [-0.4, -0.2) is 11.0 Å². The highest BCUT2D eigenvalue weighted by atomic mass is 16.6. The number of nitrogens with two attached hydrogens (primary N) is 1. The maximum absolute atomic E-state index is 10.8. The van der Waals surface area contributed by atoms with Crippen LogP contribution in [0, 0.1) is 16.0 Å². The zero-order chi connectivity index (χ0) is 13.1. The smallest absolute Gasteiger partial charge is 0.273 e. The van der Waals surface area contributed by atoms with E-state index in [1.54, 1.807) is 6.07 Å². The van der Waals surface area contributed by atoms with Crippen molar-refractivity contribution >= 4 is 17.1 Å². The summed E-state index contributed by atoms with van der Waals surface area (Å²) in [6.07, 6.45) is 3.71. The molecule has 0 radical (unpaired) electrons. The third kappa shape index (κ3) is 3.33. The van der Waals surface area contributed by atoms with Crippen LogP contribution in [0.25, 0.3) is 0 Å². The average Bonchev–Trinajstić information content (AvgIpc) is 3.12. The summed E-state index contributed by atoms with van der Waals surface area (Å²) < 4.78 is 0. The second kappa shape index (κ2) is 5.22. The van der Waals surface area contributed by atoms with Crippen LogP contribution < -0.4 is 16.6 Å². The summed E-state index contributed by atoms with van der Waals surface area (Å²) in [4.78, 5) is 10.4. The number of rotatable bonds is 6. The van der Waals surface area contributed by atoms with Gasteiger partial charge in [0.2, 0.25) is 0 Å². The van der Waals surface area contributed by atoms with Crippen LogP contribution in [0.1, 0.15) is 26.2 Å². The maximum Gasteiger partial charge on any atom is 0.273 e. The first-order chi connectivity index (χ1) is 8.58. The van der Waals surface area contributed by atoms with Gasteiger partial charge in [-0.15, -0.1) is 0 Å². The van der Waals surface area contributed by atoms with E-state index in [4.69, 9.17) is 5.84 Å². The maximum atomic E-state index is 10.8. The Kier molecular flexibility index (Phi) is 3.66. The van der Waals surface area contributed by atoms with E-state index < -0.39 is 4.92 Å². The monoisotopic (exact) mass is 250 g/mol. The molecule has 2 rings (SSSR count). The Hall–Kier alpha value is -1.82. The second-order valence-electron chi connectivity index (χ2n) is 4.89. The third-order valence-electron chi connectivity index (χ3n) is 3.09. The fourth-order valence-corrected chi connectivity index (χ4v) is 2.08. The van der Waals surface area contributed by atoms with E-state index in [0.717, 1.165) is 18.0 Å². The number of non-ortho nitro benzene ring substituents is 1. The number of nitro benzene ring substituents is 1. The van der Waals surface area contributed by atoms with Gasteiger partial charge in [-0.3, -0.25) is 16.0 Å². The molecule has 1 aromatic rings. The van der Waals surface area contributed by atoms with Gasteiger partial charge in [0.05, 0.1) is 10.6 Å². The molecule has 1 aromatic carbocycles. The molecule has 1 aliphatic rings. The zero-order valence-corrected chi connectivity index (χ0v) is 10.3. The number of nitrogens with zero attached hydrogens (tertiary/aromatic N) is 1. The molecule has 4 N–H and O–H groups in total. The predicted molar refractivity (Wildman–Crippen MR) is 71.3 cm³/mol. The Morgan fingerprint density at radius 3 is 2.67 bits per heavy atom. The number of nitrogens with one attached hydrogen (secondary N) is 2. The van der Waals surface area contributed by atoms with Gasteiger partial charge in [0.15, 0.2) is 0 Å². The lowest BCUT2D eigenvalue weighted by atomic mass is 10.1. The van der Waals surface area contributed by atoms with Crippen molar-refractivity contribution < 1.29 is 4.92 Å². The molecule has 0 aromatic heterocycles. The molecule has 0 saturated heterocycles. The molecule has 6 nitrogen and oxygen atoms in total. The van der Waals surface area contributed by atoms with Crippen LogP contribution in [0.3, 0.4) is 0 Å². The van der Waals surface area contributed by atoms with Crippen molar-refractivity contribution in [2.75, 3.05) is 10.7 Å². The van der Waals surface area contributed by atoms with E-state index in [-0.39, 0.29) is 5.69 Å². The Bertz CT molecular complexity index is 446. The van der Waals surface area contributed by atoms with Gasteiger partial charge >= 0.3 is 0 Å². The minimum absolute atomic E-state index is 0.0339. The summed E-state index contributed by atoms with van der Waals surface area (Å²) in [6.45, 7) is 2.09. The molecule has 1 fully saturated rings. The van der Waals surface area contributed by atoms with Gasteiger partial charge < -0.3 is 10.7 Å². The topological polar surface area (TPSA) is 93.2 Å². The number of hydrogen-bond donors (Lipinski definition) is 3. The lowest BCUT2D eigenvalue weighted by Crippen LogP contribution is -2.16. The van der Waals surface area contributed by atoms with E-state index >= 15 is 0 Å². The number of anilines is 2. The summed E-state index contributed by atoms with van der Waals surface area (Å²) in [5.41, 5.74) is 3.74. The molecule has 6 heteroatoms. The number of hydrazine groups is 1. The van der Waals surface area contributed by atoms with Gasteiger partial charge in [-0.25, -0.2) is 0 Å². The van der Waals surface area contributed by atoms with Crippen LogP contribution in [-0.2, 0) is 0 Å². The highest BCUT2D eigenvalue weighted by Gasteiger charge is 2.23. The van der Waals surface area contributed by atoms with Crippen LogP contribution in [0.2, 0.25) is 0 Å². The molecule has 0 heterocycles. The Morgan fingerprint density at radius 2 is 2.11 bits per heavy atom. The summed E-state index contributed by atoms with van der Waals surface area (Å²) in [5, 5.41) is 14.1. The summed E-state index contributed by atoms with van der Waals surface area (Å²) in [5.74, 6) is 6.13. The van der Waals surface area contributed by atoms with Crippen LogP contribution >= 0.6 is 0 Å². The van der Waals surface area contributed by atoms with Gasteiger partial charge in [0.25, 0.3) is 5.69 Å². The van der Waals surface area contributed by atoms with Crippen LogP contribution in [0.5, 0.6) is 0 Å².